The van der Waals surface area contributed by atoms with Crippen molar-refractivity contribution in [3.63, 3.8) is 0 Å². The molecule has 1 heterocycles. The Balaban J connectivity index is 1.80. The third-order valence-corrected chi connectivity index (χ3v) is 7.22. The number of hydrogen-bond donors (Lipinski definition) is 2. The lowest BCUT2D eigenvalue weighted by Gasteiger charge is -2.32. The number of benzene rings is 2. The summed E-state index contributed by atoms with van der Waals surface area (Å²) in [6, 6.07) is 10.1. The van der Waals surface area contributed by atoms with E-state index in [1.165, 1.54) is 46.8 Å². The first-order valence-electron chi connectivity index (χ1n) is 9.23. The summed E-state index contributed by atoms with van der Waals surface area (Å²) in [5, 5.41) is 2.92. The number of halogens is 1. The standard InChI is InChI=1S/C20H22ClN3O4S/c1-13-4-2-3-11-24(13)29(27,28)16-8-5-14(6-9-16)20(26)23-18-10-7-15(21)12-17(18)19(22)25/h5-10,12-13H,2-4,11H2,1H3,(H2,22,25)(H,23,26)/t13-/m0/s1. The summed E-state index contributed by atoms with van der Waals surface area (Å²) in [7, 11) is -3.61. The van der Waals surface area contributed by atoms with Gasteiger partial charge in [-0.05, 0) is 62.2 Å². The first-order chi connectivity index (χ1) is 13.7. The van der Waals surface area contributed by atoms with Crippen LogP contribution in [0.3, 0.4) is 0 Å². The summed E-state index contributed by atoms with van der Waals surface area (Å²) in [4.78, 5) is 24.2. The topological polar surface area (TPSA) is 110 Å². The molecule has 0 spiro atoms. The van der Waals surface area contributed by atoms with Gasteiger partial charge < -0.3 is 11.1 Å². The number of carbonyl (C=O) groups is 2. The van der Waals surface area contributed by atoms with Crippen LogP contribution in [-0.2, 0) is 10.0 Å². The second-order valence-corrected chi connectivity index (χ2v) is 9.32. The molecule has 0 radical (unpaired) electrons. The van der Waals surface area contributed by atoms with Crippen molar-refractivity contribution in [2.45, 2.75) is 37.1 Å². The number of primary amides is 1. The van der Waals surface area contributed by atoms with Crippen LogP contribution in [0.15, 0.2) is 47.4 Å². The Kier molecular flexibility index (Phi) is 6.26. The van der Waals surface area contributed by atoms with E-state index in [-0.39, 0.29) is 27.8 Å². The second kappa shape index (κ2) is 8.52. The van der Waals surface area contributed by atoms with Gasteiger partial charge >= 0.3 is 0 Å². The molecule has 3 N–H and O–H groups in total. The first-order valence-corrected chi connectivity index (χ1v) is 11.0. The quantitative estimate of drug-likeness (QED) is 0.750. The van der Waals surface area contributed by atoms with E-state index >= 15 is 0 Å². The Morgan fingerprint density at radius 3 is 2.45 bits per heavy atom. The number of carbonyl (C=O) groups excluding carboxylic acids is 2. The first kappa shape index (κ1) is 21.3. The van der Waals surface area contributed by atoms with Crippen LogP contribution < -0.4 is 11.1 Å². The zero-order chi connectivity index (χ0) is 21.2. The average molecular weight is 436 g/mol. The van der Waals surface area contributed by atoms with Crippen molar-refractivity contribution >= 4 is 39.1 Å². The molecule has 9 heteroatoms. The number of nitrogens with two attached hydrogens (primary N) is 1. The fraction of sp³-hybridized carbons (Fsp3) is 0.300. The van der Waals surface area contributed by atoms with Crippen molar-refractivity contribution in [1.82, 2.24) is 4.31 Å². The molecule has 7 nitrogen and oxygen atoms in total. The minimum Gasteiger partial charge on any atom is -0.366 e. The number of nitrogens with one attached hydrogen (secondary N) is 1. The lowest BCUT2D eigenvalue weighted by atomic mass is 10.1. The molecule has 2 aromatic carbocycles. The van der Waals surface area contributed by atoms with Gasteiger partial charge in [-0.2, -0.15) is 4.31 Å². The number of piperidine rings is 1. The third-order valence-electron chi connectivity index (χ3n) is 4.96. The van der Waals surface area contributed by atoms with Crippen LogP contribution in [0, 0.1) is 0 Å². The summed E-state index contributed by atoms with van der Waals surface area (Å²) in [5.74, 6) is -1.22. The predicted octanol–water partition coefficient (Wildman–Crippen LogP) is 3.25. The number of hydrogen-bond acceptors (Lipinski definition) is 4. The molecule has 1 aliphatic heterocycles. The number of sulfonamides is 1. The van der Waals surface area contributed by atoms with Gasteiger partial charge in [0, 0.05) is 23.2 Å². The van der Waals surface area contributed by atoms with Gasteiger partial charge in [-0.25, -0.2) is 8.42 Å². The molecule has 3 rings (SSSR count). The lowest BCUT2D eigenvalue weighted by molar-refractivity contribution is 0.100. The third kappa shape index (κ3) is 4.60. The number of nitrogens with zero attached hydrogens (tertiary/aromatic N) is 1. The Labute approximate surface area is 174 Å². The molecule has 2 amide bonds. The molecule has 1 fully saturated rings. The van der Waals surface area contributed by atoms with Gasteiger partial charge in [0.2, 0.25) is 10.0 Å². The van der Waals surface area contributed by atoms with Crippen LogP contribution in [0.4, 0.5) is 5.69 Å². The zero-order valence-corrected chi connectivity index (χ0v) is 17.5. The highest BCUT2D eigenvalue weighted by atomic mass is 35.5. The maximum Gasteiger partial charge on any atom is 0.255 e. The normalized spacial score (nSPS) is 17.7. The van der Waals surface area contributed by atoms with Crippen molar-refractivity contribution in [3.05, 3.63) is 58.6 Å². The predicted molar refractivity (Wildman–Crippen MR) is 112 cm³/mol. The Bertz CT molecular complexity index is 1040. The largest absolute Gasteiger partial charge is 0.366 e. The maximum atomic E-state index is 12.9. The Morgan fingerprint density at radius 2 is 1.83 bits per heavy atom. The van der Waals surface area contributed by atoms with Crippen molar-refractivity contribution in [2.75, 3.05) is 11.9 Å². The summed E-state index contributed by atoms with van der Waals surface area (Å²) >= 11 is 5.87. The van der Waals surface area contributed by atoms with Crippen LogP contribution in [0.1, 0.15) is 46.9 Å². The molecular weight excluding hydrogens is 414 g/mol. The minimum atomic E-state index is -3.61. The van der Waals surface area contributed by atoms with Gasteiger partial charge in [-0.1, -0.05) is 18.0 Å². The number of amides is 2. The highest BCUT2D eigenvalue weighted by Gasteiger charge is 2.30. The molecule has 1 atom stereocenters. The molecular formula is C20H22ClN3O4S. The van der Waals surface area contributed by atoms with E-state index in [1.807, 2.05) is 6.92 Å². The Hall–Kier alpha value is -2.42. The van der Waals surface area contributed by atoms with Gasteiger partial charge in [0.15, 0.2) is 0 Å². The van der Waals surface area contributed by atoms with Crippen molar-refractivity contribution in [2.24, 2.45) is 5.73 Å². The second-order valence-electron chi connectivity index (χ2n) is 6.99. The van der Waals surface area contributed by atoms with Gasteiger partial charge in [0.1, 0.15) is 0 Å². The SMILES string of the molecule is C[C@H]1CCCCN1S(=O)(=O)c1ccc(C(=O)Nc2ccc(Cl)cc2C(N)=O)cc1. The van der Waals surface area contributed by atoms with Crippen molar-refractivity contribution < 1.29 is 18.0 Å². The molecule has 0 aromatic heterocycles. The van der Waals surface area contributed by atoms with E-state index in [0.717, 1.165) is 19.3 Å². The summed E-state index contributed by atoms with van der Waals surface area (Å²) in [5.41, 5.74) is 5.89. The van der Waals surface area contributed by atoms with E-state index < -0.39 is 21.8 Å². The molecule has 0 bridgehead atoms. The number of anilines is 1. The van der Waals surface area contributed by atoms with E-state index in [0.29, 0.717) is 11.6 Å². The van der Waals surface area contributed by atoms with Crippen molar-refractivity contribution in [3.8, 4) is 0 Å². The van der Waals surface area contributed by atoms with Gasteiger partial charge in [0.25, 0.3) is 11.8 Å². The lowest BCUT2D eigenvalue weighted by Crippen LogP contribution is -2.41. The summed E-state index contributed by atoms with van der Waals surface area (Å²) < 4.78 is 27.3. The van der Waals surface area contributed by atoms with Crippen LogP contribution in [0.25, 0.3) is 0 Å². The van der Waals surface area contributed by atoms with Crippen LogP contribution in [0.5, 0.6) is 0 Å². The van der Waals surface area contributed by atoms with E-state index in [4.69, 9.17) is 17.3 Å². The number of rotatable bonds is 5. The monoisotopic (exact) mass is 435 g/mol. The smallest absolute Gasteiger partial charge is 0.255 e. The molecule has 0 unspecified atom stereocenters. The molecule has 154 valence electrons. The van der Waals surface area contributed by atoms with E-state index in [9.17, 15) is 18.0 Å². The molecule has 0 saturated carbocycles. The molecule has 0 aliphatic carbocycles. The van der Waals surface area contributed by atoms with Crippen molar-refractivity contribution in [1.29, 1.82) is 0 Å². The summed E-state index contributed by atoms with van der Waals surface area (Å²) in [6.07, 6.45) is 2.70. The maximum absolute atomic E-state index is 12.9. The average Bonchev–Trinajstić information content (AvgIpc) is 2.69. The van der Waals surface area contributed by atoms with Crippen LogP contribution in [0.2, 0.25) is 5.02 Å². The molecule has 29 heavy (non-hydrogen) atoms. The van der Waals surface area contributed by atoms with E-state index in [2.05, 4.69) is 5.32 Å². The highest BCUT2D eigenvalue weighted by molar-refractivity contribution is 7.89. The fourth-order valence-corrected chi connectivity index (χ4v) is 5.24. The fourth-order valence-electron chi connectivity index (χ4n) is 3.37. The highest BCUT2D eigenvalue weighted by Crippen LogP contribution is 2.26. The Morgan fingerprint density at radius 1 is 1.14 bits per heavy atom. The zero-order valence-electron chi connectivity index (χ0n) is 15.9. The summed E-state index contributed by atoms with van der Waals surface area (Å²) in [6.45, 7) is 2.40. The van der Waals surface area contributed by atoms with Gasteiger partial charge in [-0.15, -0.1) is 0 Å². The molecule has 1 saturated heterocycles. The molecule has 1 aliphatic rings. The van der Waals surface area contributed by atoms with E-state index in [1.54, 1.807) is 0 Å². The van der Waals surface area contributed by atoms with Crippen LogP contribution in [-0.4, -0.2) is 37.1 Å². The molecule has 2 aromatic rings. The van der Waals surface area contributed by atoms with Gasteiger partial charge in [-0.3, -0.25) is 9.59 Å². The van der Waals surface area contributed by atoms with Gasteiger partial charge in [0.05, 0.1) is 16.1 Å². The van der Waals surface area contributed by atoms with Crippen LogP contribution >= 0.6 is 11.6 Å². The minimum absolute atomic E-state index is 0.0474.